The zero-order chi connectivity index (χ0) is 13.5. The van der Waals surface area contributed by atoms with E-state index in [2.05, 4.69) is 5.32 Å². The van der Waals surface area contributed by atoms with E-state index in [1.165, 1.54) is 7.11 Å². The van der Waals surface area contributed by atoms with Gasteiger partial charge in [0.25, 0.3) is 0 Å². The monoisotopic (exact) mass is 250 g/mol. The highest BCUT2D eigenvalue weighted by molar-refractivity contribution is 5.65. The van der Waals surface area contributed by atoms with E-state index >= 15 is 0 Å². The number of nitrogens with zero attached hydrogens (tertiary/aromatic N) is 1. The molecule has 0 radical (unpaired) electrons. The van der Waals surface area contributed by atoms with Gasteiger partial charge in [-0.05, 0) is 24.1 Å². The number of rotatable bonds is 5. The molecule has 1 atom stereocenters. The molecule has 0 saturated carbocycles. The average molecular weight is 250 g/mol. The van der Waals surface area contributed by atoms with Gasteiger partial charge in [-0.2, -0.15) is 5.26 Å². The van der Waals surface area contributed by atoms with Crippen molar-refractivity contribution in [3.05, 3.63) is 29.3 Å². The van der Waals surface area contributed by atoms with E-state index in [1.54, 1.807) is 18.2 Å². The first-order chi connectivity index (χ1) is 8.60. The molecule has 0 aliphatic heterocycles. The highest BCUT2D eigenvalue weighted by atomic mass is 16.5. The van der Waals surface area contributed by atoms with Crippen molar-refractivity contribution in [1.29, 1.82) is 5.26 Å². The number of carbonyl (C=O) groups is 1. The highest BCUT2D eigenvalue weighted by Gasteiger charge is 2.14. The van der Waals surface area contributed by atoms with Gasteiger partial charge in [-0.15, -0.1) is 0 Å². The first kappa shape index (κ1) is 13.8. The largest absolute Gasteiger partial charge is 0.496 e. The summed E-state index contributed by atoms with van der Waals surface area (Å²) in [5.41, 5.74) is 1.19. The number of nitriles is 1. The Kier molecular flexibility index (Phi) is 4.96. The second-order valence-corrected chi connectivity index (χ2v) is 3.67. The lowest BCUT2D eigenvalue weighted by Gasteiger charge is -2.16. The number of amides is 1. The van der Waals surface area contributed by atoms with Crippen LogP contribution >= 0.6 is 0 Å². The van der Waals surface area contributed by atoms with Gasteiger partial charge in [0.05, 0.1) is 31.4 Å². The van der Waals surface area contributed by atoms with Crippen LogP contribution < -0.4 is 10.1 Å². The zero-order valence-electron chi connectivity index (χ0n) is 9.88. The van der Waals surface area contributed by atoms with E-state index < -0.39 is 12.1 Å². The molecule has 1 aromatic carbocycles. The minimum absolute atomic E-state index is 0.289. The summed E-state index contributed by atoms with van der Waals surface area (Å²) >= 11 is 0. The number of aliphatic hydroxyl groups excluding tert-OH is 1. The molecule has 0 bridgehead atoms. The molecule has 0 saturated heterocycles. The molecule has 6 heteroatoms. The first-order valence-corrected chi connectivity index (χ1v) is 5.28. The van der Waals surface area contributed by atoms with Crippen LogP contribution in [-0.4, -0.2) is 36.1 Å². The fraction of sp³-hybridized carbons (Fsp3) is 0.333. The van der Waals surface area contributed by atoms with Crippen molar-refractivity contribution < 1.29 is 19.7 Å². The van der Waals surface area contributed by atoms with E-state index in [-0.39, 0.29) is 13.0 Å². The molecule has 0 aromatic heterocycles. The van der Waals surface area contributed by atoms with Crippen LogP contribution in [0.5, 0.6) is 5.75 Å². The SMILES string of the molecule is COc1cc(C#N)ccc1C[C@H](CO)NC(=O)O. The number of aliphatic hydroxyl groups is 1. The van der Waals surface area contributed by atoms with Crippen LogP contribution in [-0.2, 0) is 6.42 Å². The predicted molar refractivity (Wildman–Crippen MR) is 63.4 cm³/mol. The van der Waals surface area contributed by atoms with Crippen LogP contribution in [0.4, 0.5) is 4.79 Å². The van der Waals surface area contributed by atoms with Crippen LogP contribution in [0.3, 0.4) is 0 Å². The topological polar surface area (TPSA) is 103 Å². The number of hydrogen-bond donors (Lipinski definition) is 3. The Morgan fingerprint density at radius 1 is 1.61 bits per heavy atom. The van der Waals surface area contributed by atoms with Gasteiger partial charge in [0.15, 0.2) is 0 Å². The molecule has 1 amide bonds. The summed E-state index contributed by atoms with van der Waals surface area (Å²) in [6, 6.07) is 6.26. The molecule has 0 aliphatic rings. The molecule has 0 aliphatic carbocycles. The average Bonchev–Trinajstić information content (AvgIpc) is 2.37. The quantitative estimate of drug-likeness (QED) is 0.715. The van der Waals surface area contributed by atoms with Crippen molar-refractivity contribution in [3.63, 3.8) is 0 Å². The summed E-state index contributed by atoms with van der Waals surface area (Å²) in [4.78, 5) is 10.5. The Bertz CT molecular complexity index is 468. The summed E-state index contributed by atoms with van der Waals surface area (Å²) < 4.78 is 5.13. The number of benzene rings is 1. The molecule has 3 N–H and O–H groups in total. The lowest BCUT2D eigenvalue weighted by molar-refractivity contribution is 0.177. The van der Waals surface area contributed by atoms with Crippen LogP contribution in [0, 0.1) is 11.3 Å². The molecular formula is C12H14N2O4. The van der Waals surface area contributed by atoms with Gasteiger partial charge in [-0.1, -0.05) is 6.07 Å². The third kappa shape index (κ3) is 3.64. The van der Waals surface area contributed by atoms with Gasteiger partial charge in [0.2, 0.25) is 0 Å². The zero-order valence-corrected chi connectivity index (χ0v) is 9.88. The van der Waals surface area contributed by atoms with E-state index in [0.29, 0.717) is 11.3 Å². The van der Waals surface area contributed by atoms with E-state index in [0.717, 1.165) is 5.56 Å². The number of carboxylic acid groups (broad SMARTS) is 1. The molecule has 18 heavy (non-hydrogen) atoms. The summed E-state index contributed by atoms with van der Waals surface area (Å²) in [7, 11) is 1.47. The standard InChI is InChI=1S/C12H14N2O4/c1-18-11-4-8(6-13)2-3-9(11)5-10(7-15)14-12(16)17/h2-4,10,14-15H,5,7H2,1H3,(H,16,17)/t10-/m1/s1. The number of hydrogen-bond acceptors (Lipinski definition) is 4. The molecule has 1 rings (SSSR count). The van der Waals surface area contributed by atoms with Crippen molar-refractivity contribution in [2.24, 2.45) is 0 Å². The Morgan fingerprint density at radius 3 is 2.83 bits per heavy atom. The maximum Gasteiger partial charge on any atom is 0.404 e. The summed E-state index contributed by atoms with van der Waals surface area (Å²) in [6.45, 7) is -0.310. The fourth-order valence-corrected chi connectivity index (χ4v) is 1.58. The van der Waals surface area contributed by atoms with Crippen LogP contribution in [0.2, 0.25) is 0 Å². The van der Waals surface area contributed by atoms with E-state index in [4.69, 9.17) is 20.2 Å². The molecule has 0 fully saturated rings. The smallest absolute Gasteiger partial charge is 0.404 e. The van der Waals surface area contributed by atoms with Gasteiger partial charge in [0, 0.05) is 0 Å². The first-order valence-electron chi connectivity index (χ1n) is 5.28. The number of nitrogens with one attached hydrogen (secondary N) is 1. The molecule has 0 spiro atoms. The third-order valence-electron chi connectivity index (χ3n) is 2.43. The Hall–Kier alpha value is -2.26. The normalized spacial score (nSPS) is 11.4. The Labute approximate surface area is 104 Å². The Morgan fingerprint density at radius 2 is 2.33 bits per heavy atom. The van der Waals surface area contributed by atoms with Crippen molar-refractivity contribution >= 4 is 6.09 Å². The fourth-order valence-electron chi connectivity index (χ4n) is 1.58. The summed E-state index contributed by atoms with van der Waals surface area (Å²) in [5.74, 6) is 0.500. The van der Waals surface area contributed by atoms with E-state index in [9.17, 15) is 4.79 Å². The second-order valence-electron chi connectivity index (χ2n) is 3.67. The predicted octanol–water partition coefficient (Wildman–Crippen LogP) is 0.738. The minimum Gasteiger partial charge on any atom is -0.496 e. The van der Waals surface area contributed by atoms with Gasteiger partial charge in [-0.25, -0.2) is 4.79 Å². The van der Waals surface area contributed by atoms with Crippen LogP contribution in [0.25, 0.3) is 0 Å². The lowest BCUT2D eigenvalue weighted by atomic mass is 10.0. The Balaban J connectivity index is 2.89. The van der Waals surface area contributed by atoms with Gasteiger partial charge < -0.3 is 20.3 Å². The molecule has 1 aromatic rings. The minimum atomic E-state index is -1.19. The molecule has 0 unspecified atom stereocenters. The summed E-state index contributed by atoms with van der Waals surface area (Å²) in [5, 5.41) is 28.7. The van der Waals surface area contributed by atoms with Crippen LogP contribution in [0.1, 0.15) is 11.1 Å². The third-order valence-corrected chi connectivity index (χ3v) is 2.43. The molecular weight excluding hydrogens is 236 g/mol. The maximum atomic E-state index is 10.5. The molecule has 6 nitrogen and oxygen atoms in total. The second kappa shape index (κ2) is 6.47. The van der Waals surface area contributed by atoms with Crippen molar-refractivity contribution in [1.82, 2.24) is 5.32 Å². The van der Waals surface area contributed by atoms with Gasteiger partial charge in [-0.3, -0.25) is 0 Å². The van der Waals surface area contributed by atoms with Crippen molar-refractivity contribution in [2.75, 3.05) is 13.7 Å². The molecule has 96 valence electrons. The van der Waals surface area contributed by atoms with E-state index in [1.807, 2.05) is 6.07 Å². The van der Waals surface area contributed by atoms with Gasteiger partial charge >= 0.3 is 6.09 Å². The highest BCUT2D eigenvalue weighted by Crippen LogP contribution is 2.21. The van der Waals surface area contributed by atoms with Crippen molar-refractivity contribution in [3.8, 4) is 11.8 Å². The maximum absolute atomic E-state index is 10.5. The summed E-state index contributed by atoms with van der Waals surface area (Å²) in [6.07, 6.45) is -0.904. The number of ether oxygens (including phenoxy) is 1. The molecule has 0 heterocycles. The lowest BCUT2D eigenvalue weighted by Crippen LogP contribution is -2.38. The van der Waals surface area contributed by atoms with Crippen molar-refractivity contribution in [2.45, 2.75) is 12.5 Å². The van der Waals surface area contributed by atoms with Crippen LogP contribution in [0.15, 0.2) is 18.2 Å². The number of methoxy groups -OCH3 is 1. The van der Waals surface area contributed by atoms with Gasteiger partial charge in [0.1, 0.15) is 5.75 Å².